The van der Waals surface area contributed by atoms with E-state index in [2.05, 4.69) is 19.2 Å². The van der Waals surface area contributed by atoms with Gasteiger partial charge in [0.25, 0.3) is 0 Å². The first-order valence-electron chi connectivity index (χ1n) is 6.65. The fraction of sp³-hybridized carbons (Fsp3) is 0.600. The summed E-state index contributed by atoms with van der Waals surface area (Å²) in [6, 6.07) is 5.82. The van der Waals surface area contributed by atoms with Crippen molar-refractivity contribution in [2.75, 3.05) is 13.7 Å². The highest BCUT2D eigenvalue weighted by Crippen LogP contribution is 2.32. The molecule has 2 unspecified atom stereocenters. The molecule has 1 aromatic rings. The summed E-state index contributed by atoms with van der Waals surface area (Å²) >= 11 is 0. The van der Waals surface area contributed by atoms with Gasteiger partial charge in [0.1, 0.15) is 5.82 Å². The van der Waals surface area contributed by atoms with E-state index in [0.717, 1.165) is 18.4 Å². The summed E-state index contributed by atoms with van der Waals surface area (Å²) < 4.78 is 18.4. The highest BCUT2D eigenvalue weighted by atomic mass is 19.1. The van der Waals surface area contributed by atoms with Crippen LogP contribution in [0.15, 0.2) is 18.2 Å². The SMILES string of the molecule is COCC(NC1CCc2cc(F)ccc21)C(C)C. The molecule has 0 saturated carbocycles. The number of fused-ring (bicyclic) bond motifs is 1. The van der Waals surface area contributed by atoms with Crippen molar-refractivity contribution in [1.82, 2.24) is 5.32 Å². The molecule has 1 aliphatic rings. The van der Waals surface area contributed by atoms with E-state index in [-0.39, 0.29) is 5.82 Å². The van der Waals surface area contributed by atoms with E-state index >= 15 is 0 Å². The van der Waals surface area contributed by atoms with E-state index in [9.17, 15) is 4.39 Å². The average Bonchev–Trinajstić information content (AvgIpc) is 2.71. The van der Waals surface area contributed by atoms with Crippen LogP contribution in [0.25, 0.3) is 0 Å². The van der Waals surface area contributed by atoms with E-state index in [4.69, 9.17) is 4.74 Å². The molecular formula is C15H22FNO. The van der Waals surface area contributed by atoms with Crippen molar-refractivity contribution in [2.45, 2.75) is 38.8 Å². The summed E-state index contributed by atoms with van der Waals surface area (Å²) in [6.07, 6.45) is 2.01. The third-order valence-corrected chi connectivity index (χ3v) is 3.75. The molecule has 0 amide bonds. The monoisotopic (exact) mass is 251 g/mol. The van der Waals surface area contributed by atoms with Crippen molar-refractivity contribution in [2.24, 2.45) is 5.92 Å². The van der Waals surface area contributed by atoms with Crippen LogP contribution in [0.1, 0.15) is 37.4 Å². The minimum Gasteiger partial charge on any atom is -0.383 e. The third kappa shape index (κ3) is 2.90. The number of nitrogens with one attached hydrogen (secondary N) is 1. The van der Waals surface area contributed by atoms with Gasteiger partial charge in [0, 0.05) is 19.2 Å². The van der Waals surface area contributed by atoms with Gasteiger partial charge in [-0.15, -0.1) is 0 Å². The van der Waals surface area contributed by atoms with E-state index in [1.54, 1.807) is 19.2 Å². The lowest BCUT2D eigenvalue weighted by molar-refractivity contribution is 0.140. The normalized spacial score (nSPS) is 20.2. The van der Waals surface area contributed by atoms with Gasteiger partial charge in [0.2, 0.25) is 0 Å². The Hall–Kier alpha value is -0.930. The van der Waals surface area contributed by atoms with Gasteiger partial charge in [-0.2, -0.15) is 0 Å². The largest absolute Gasteiger partial charge is 0.383 e. The molecule has 0 radical (unpaired) electrons. The lowest BCUT2D eigenvalue weighted by Gasteiger charge is -2.26. The molecule has 0 spiro atoms. The molecule has 0 saturated heterocycles. The van der Waals surface area contributed by atoms with Gasteiger partial charge in [-0.25, -0.2) is 4.39 Å². The van der Waals surface area contributed by atoms with Crippen molar-refractivity contribution in [3.8, 4) is 0 Å². The molecule has 1 N–H and O–H groups in total. The van der Waals surface area contributed by atoms with Crippen molar-refractivity contribution in [3.05, 3.63) is 35.1 Å². The second-order valence-corrected chi connectivity index (χ2v) is 5.41. The summed E-state index contributed by atoms with van der Waals surface area (Å²) in [5.41, 5.74) is 2.39. The number of rotatable bonds is 5. The molecule has 2 atom stereocenters. The van der Waals surface area contributed by atoms with Crippen molar-refractivity contribution in [1.29, 1.82) is 0 Å². The number of aryl methyl sites for hydroxylation is 1. The molecule has 0 aliphatic heterocycles. The summed E-state index contributed by atoms with van der Waals surface area (Å²) in [7, 11) is 1.73. The van der Waals surface area contributed by atoms with Gasteiger partial charge < -0.3 is 10.1 Å². The quantitative estimate of drug-likeness (QED) is 0.868. The highest BCUT2D eigenvalue weighted by Gasteiger charge is 2.26. The molecule has 0 fully saturated rings. The highest BCUT2D eigenvalue weighted by molar-refractivity contribution is 5.35. The smallest absolute Gasteiger partial charge is 0.123 e. The first kappa shape index (κ1) is 13.5. The van der Waals surface area contributed by atoms with Gasteiger partial charge in [0.15, 0.2) is 0 Å². The van der Waals surface area contributed by atoms with Crippen molar-refractivity contribution in [3.63, 3.8) is 0 Å². The lowest BCUT2D eigenvalue weighted by atomic mass is 10.0. The number of ether oxygens (including phenoxy) is 1. The first-order valence-corrected chi connectivity index (χ1v) is 6.65. The van der Waals surface area contributed by atoms with Crippen LogP contribution in [0.3, 0.4) is 0 Å². The van der Waals surface area contributed by atoms with E-state index in [1.807, 2.05) is 6.07 Å². The van der Waals surface area contributed by atoms with Crippen LogP contribution in [0, 0.1) is 11.7 Å². The molecular weight excluding hydrogens is 229 g/mol. The topological polar surface area (TPSA) is 21.3 Å². The Balaban J connectivity index is 2.08. The van der Waals surface area contributed by atoms with Gasteiger partial charge in [-0.1, -0.05) is 19.9 Å². The van der Waals surface area contributed by atoms with E-state index in [1.165, 1.54) is 5.56 Å². The maximum Gasteiger partial charge on any atom is 0.123 e. The van der Waals surface area contributed by atoms with E-state index in [0.29, 0.717) is 24.6 Å². The molecule has 3 heteroatoms. The molecule has 1 aromatic carbocycles. The predicted molar refractivity (Wildman–Crippen MR) is 71.1 cm³/mol. The molecule has 0 heterocycles. The Morgan fingerprint density at radius 2 is 2.22 bits per heavy atom. The van der Waals surface area contributed by atoms with E-state index < -0.39 is 0 Å². The molecule has 0 aromatic heterocycles. The molecule has 1 aliphatic carbocycles. The molecule has 2 nitrogen and oxygen atoms in total. The minimum atomic E-state index is -0.133. The summed E-state index contributed by atoms with van der Waals surface area (Å²) in [6.45, 7) is 5.10. The summed E-state index contributed by atoms with van der Waals surface area (Å²) in [4.78, 5) is 0. The predicted octanol–water partition coefficient (Wildman–Crippen LogP) is 3.07. The van der Waals surface area contributed by atoms with Crippen LogP contribution in [0.5, 0.6) is 0 Å². The zero-order valence-corrected chi connectivity index (χ0v) is 11.4. The Labute approximate surface area is 109 Å². The molecule has 18 heavy (non-hydrogen) atoms. The number of hydrogen-bond donors (Lipinski definition) is 1. The maximum absolute atomic E-state index is 13.2. The Kier molecular flexibility index (Phi) is 4.36. The Bertz CT molecular complexity index is 405. The Morgan fingerprint density at radius 3 is 2.89 bits per heavy atom. The number of methoxy groups -OCH3 is 1. The molecule has 100 valence electrons. The number of halogens is 1. The molecule has 2 rings (SSSR count). The van der Waals surface area contributed by atoms with Gasteiger partial charge in [-0.05, 0) is 42.0 Å². The van der Waals surface area contributed by atoms with Gasteiger partial charge in [-0.3, -0.25) is 0 Å². The zero-order chi connectivity index (χ0) is 13.1. The summed E-state index contributed by atoms with van der Waals surface area (Å²) in [5, 5.41) is 3.64. The number of hydrogen-bond acceptors (Lipinski definition) is 2. The number of benzene rings is 1. The van der Waals surface area contributed by atoms with Gasteiger partial charge >= 0.3 is 0 Å². The first-order chi connectivity index (χ1) is 8.61. The lowest BCUT2D eigenvalue weighted by Crippen LogP contribution is -2.39. The van der Waals surface area contributed by atoms with Crippen LogP contribution < -0.4 is 5.32 Å². The van der Waals surface area contributed by atoms with Crippen LogP contribution in [0.4, 0.5) is 4.39 Å². The van der Waals surface area contributed by atoms with Crippen LogP contribution in [-0.2, 0) is 11.2 Å². The zero-order valence-electron chi connectivity index (χ0n) is 11.4. The summed E-state index contributed by atoms with van der Waals surface area (Å²) in [5.74, 6) is 0.390. The van der Waals surface area contributed by atoms with Crippen molar-refractivity contribution < 1.29 is 9.13 Å². The minimum absolute atomic E-state index is 0.133. The van der Waals surface area contributed by atoms with Gasteiger partial charge in [0.05, 0.1) is 6.61 Å². The molecule has 0 bridgehead atoms. The average molecular weight is 251 g/mol. The maximum atomic E-state index is 13.2. The Morgan fingerprint density at radius 1 is 1.44 bits per heavy atom. The second kappa shape index (κ2) is 5.81. The fourth-order valence-corrected chi connectivity index (χ4v) is 2.63. The standard InChI is InChI=1S/C15H22FNO/c1-10(2)15(9-18-3)17-14-7-4-11-8-12(16)5-6-13(11)14/h5-6,8,10,14-15,17H,4,7,9H2,1-3H3. The third-order valence-electron chi connectivity index (χ3n) is 3.75. The second-order valence-electron chi connectivity index (χ2n) is 5.41. The van der Waals surface area contributed by atoms with Crippen LogP contribution in [0.2, 0.25) is 0 Å². The van der Waals surface area contributed by atoms with Crippen LogP contribution in [-0.4, -0.2) is 19.8 Å². The van der Waals surface area contributed by atoms with Crippen molar-refractivity contribution >= 4 is 0 Å². The fourth-order valence-electron chi connectivity index (χ4n) is 2.63. The van der Waals surface area contributed by atoms with Crippen LogP contribution >= 0.6 is 0 Å².